The number of fused-ring (bicyclic) bond motifs is 4. The summed E-state index contributed by atoms with van der Waals surface area (Å²) in [6, 6.07) is 9.16. The molecule has 2 aromatic heterocycles. The van der Waals surface area contributed by atoms with Gasteiger partial charge in [-0.25, -0.2) is 0 Å². The molecule has 25 heavy (non-hydrogen) atoms. The number of ether oxygens (including phenoxy) is 2. The van der Waals surface area contributed by atoms with Gasteiger partial charge < -0.3 is 19.7 Å². The number of aromatic hydroxyl groups is 2. The van der Waals surface area contributed by atoms with Crippen LogP contribution in [0.4, 0.5) is 0 Å². The predicted molar refractivity (Wildman–Crippen MR) is 95.8 cm³/mol. The van der Waals surface area contributed by atoms with E-state index in [1.165, 1.54) is 14.2 Å². The van der Waals surface area contributed by atoms with E-state index in [1.54, 1.807) is 12.1 Å². The molecule has 126 valence electrons. The third-order valence-electron chi connectivity index (χ3n) is 4.71. The van der Waals surface area contributed by atoms with Crippen molar-refractivity contribution in [2.24, 2.45) is 0 Å². The van der Waals surface area contributed by atoms with Crippen LogP contribution in [0.15, 0.2) is 42.7 Å². The molecule has 5 heteroatoms. The second-order valence-corrected chi connectivity index (χ2v) is 6.01. The lowest BCUT2D eigenvalue weighted by Crippen LogP contribution is -2.22. The fraction of sp³-hybridized carbons (Fsp3) is 0.150. The Kier molecular flexibility index (Phi) is 3.32. The number of phenolic OH excluding ortho intramolecular Hbond substituents is 2. The van der Waals surface area contributed by atoms with Crippen LogP contribution >= 0.6 is 0 Å². The van der Waals surface area contributed by atoms with Crippen LogP contribution in [0.25, 0.3) is 27.1 Å². The van der Waals surface area contributed by atoms with Crippen molar-refractivity contribution in [3.05, 3.63) is 48.3 Å². The highest BCUT2D eigenvalue weighted by molar-refractivity contribution is 6.03. The summed E-state index contributed by atoms with van der Waals surface area (Å²) in [7, 11) is 3.07. The third kappa shape index (κ3) is 2.12. The first kappa shape index (κ1) is 15.3. The summed E-state index contributed by atoms with van der Waals surface area (Å²) in [5.41, 5.74) is 2.02. The summed E-state index contributed by atoms with van der Waals surface area (Å²) in [6.45, 7) is 2.02. The number of nitrogens with zero attached hydrogens (tertiary/aromatic N) is 1. The fourth-order valence-corrected chi connectivity index (χ4v) is 3.45. The molecule has 0 fully saturated rings. The first-order chi connectivity index (χ1) is 12.0. The molecule has 0 radical (unpaired) electrons. The molecule has 0 aliphatic carbocycles. The molecular formula is C20H18NO4+. The molecule has 0 saturated heterocycles. The lowest BCUT2D eigenvalue weighted by molar-refractivity contribution is -0.509. The van der Waals surface area contributed by atoms with Gasteiger partial charge in [0.15, 0.2) is 35.4 Å². The van der Waals surface area contributed by atoms with Crippen LogP contribution in [0.2, 0.25) is 0 Å². The minimum absolute atomic E-state index is 0.111. The molecule has 0 aliphatic rings. The fourth-order valence-electron chi connectivity index (χ4n) is 3.45. The summed E-state index contributed by atoms with van der Waals surface area (Å²) in [4.78, 5) is 0. The van der Waals surface area contributed by atoms with Crippen LogP contribution in [0.3, 0.4) is 0 Å². The average Bonchev–Trinajstić information content (AvgIpc) is 2.62. The molecule has 2 N–H and O–H groups in total. The molecule has 5 nitrogen and oxygen atoms in total. The predicted octanol–water partition coefficient (Wildman–Crippen LogP) is 3.47. The summed E-state index contributed by atoms with van der Waals surface area (Å²) in [5, 5.41) is 24.1. The quantitative estimate of drug-likeness (QED) is 0.334. The largest absolute Gasteiger partial charge is 0.504 e. The molecule has 0 bridgehead atoms. The molecule has 4 rings (SSSR count). The van der Waals surface area contributed by atoms with E-state index in [9.17, 15) is 10.2 Å². The van der Waals surface area contributed by atoms with Gasteiger partial charge in [-0.1, -0.05) is 0 Å². The first-order valence-electron chi connectivity index (χ1n) is 7.89. The number of pyridine rings is 2. The van der Waals surface area contributed by atoms with Gasteiger partial charge in [-0.3, -0.25) is 0 Å². The normalized spacial score (nSPS) is 11.3. The minimum atomic E-state index is 0.111. The van der Waals surface area contributed by atoms with E-state index < -0.39 is 0 Å². The van der Waals surface area contributed by atoms with E-state index in [0.717, 1.165) is 32.6 Å². The Bertz CT molecular complexity index is 1150. The van der Waals surface area contributed by atoms with Crippen molar-refractivity contribution >= 4 is 27.1 Å². The second-order valence-electron chi connectivity index (χ2n) is 6.01. The van der Waals surface area contributed by atoms with Crippen LogP contribution in [-0.4, -0.2) is 24.4 Å². The second kappa shape index (κ2) is 5.41. The molecule has 0 aliphatic heterocycles. The minimum Gasteiger partial charge on any atom is -0.504 e. The molecule has 0 atom stereocenters. The zero-order valence-corrected chi connectivity index (χ0v) is 14.2. The van der Waals surface area contributed by atoms with E-state index in [1.807, 2.05) is 41.9 Å². The van der Waals surface area contributed by atoms with Crippen molar-refractivity contribution in [2.75, 3.05) is 14.2 Å². The van der Waals surface area contributed by atoms with Crippen LogP contribution in [-0.2, 0) is 0 Å². The Labute approximate surface area is 144 Å². The lowest BCUT2D eigenvalue weighted by Gasteiger charge is -2.10. The maximum atomic E-state index is 10.5. The lowest BCUT2D eigenvalue weighted by atomic mass is 10.0. The molecule has 2 heterocycles. The highest BCUT2D eigenvalue weighted by Crippen LogP contribution is 2.38. The Morgan fingerprint density at radius 1 is 0.880 bits per heavy atom. The Morgan fingerprint density at radius 2 is 1.64 bits per heavy atom. The maximum absolute atomic E-state index is 10.5. The van der Waals surface area contributed by atoms with Gasteiger partial charge in [-0.15, -0.1) is 0 Å². The Balaban J connectivity index is 2.20. The monoisotopic (exact) mass is 336 g/mol. The third-order valence-corrected chi connectivity index (χ3v) is 4.71. The van der Waals surface area contributed by atoms with Crippen molar-refractivity contribution in [3.63, 3.8) is 0 Å². The number of benzene rings is 2. The van der Waals surface area contributed by atoms with Crippen LogP contribution in [0.5, 0.6) is 23.0 Å². The highest BCUT2D eigenvalue weighted by Gasteiger charge is 2.19. The topological polar surface area (TPSA) is 63.0 Å². The summed E-state index contributed by atoms with van der Waals surface area (Å²) >= 11 is 0. The molecule has 0 saturated carbocycles. The van der Waals surface area contributed by atoms with Gasteiger partial charge >= 0.3 is 0 Å². The van der Waals surface area contributed by atoms with Crippen molar-refractivity contribution in [3.8, 4) is 23.0 Å². The summed E-state index contributed by atoms with van der Waals surface area (Å²) < 4.78 is 12.4. The standard InChI is InChI=1S/C20H17NO4/c1-11-13-4-5-17(24-2)20(23)15(13)10-21-7-6-12-8-16(22)18(25-3)9-14(12)19(11)21/h4-10H,1-3H3,(H,22,23)/p+1. The average molecular weight is 336 g/mol. The van der Waals surface area contributed by atoms with Gasteiger partial charge in [0.2, 0.25) is 5.52 Å². The smallest absolute Gasteiger partial charge is 0.222 e. The van der Waals surface area contributed by atoms with Gasteiger partial charge in [0.05, 0.1) is 25.0 Å². The van der Waals surface area contributed by atoms with Crippen LogP contribution in [0, 0.1) is 6.92 Å². The van der Waals surface area contributed by atoms with Gasteiger partial charge in [0.25, 0.3) is 0 Å². The number of aromatic nitrogens is 1. The summed E-state index contributed by atoms with van der Waals surface area (Å²) in [6.07, 6.45) is 3.79. The van der Waals surface area contributed by atoms with Gasteiger partial charge in [-0.2, -0.15) is 4.40 Å². The van der Waals surface area contributed by atoms with Crippen LogP contribution < -0.4 is 13.9 Å². The van der Waals surface area contributed by atoms with Gasteiger partial charge in [-0.05, 0) is 36.6 Å². The van der Waals surface area contributed by atoms with Crippen molar-refractivity contribution < 1.29 is 24.1 Å². The SMILES string of the molecule is COc1cc2c(cc[n+]3cc4c(O)c(OC)ccc4c(C)c23)cc1O. The number of phenols is 2. The molecular weight excluding hydrogens is 318 g/mol. The Hall–Kier alpha value is -3.21. The summed E-state index contributed by atoms with van der Waals surface area (Å²) in [5.74, 6) is 1.11. The number of hydrogen-bond donors (Lipinski definition) is 2. The maximum Gasteiger partial charge on any atom is 0.222 e. The molecule has 4 aromatic rings. The molecule has 2 aromatic carbocycles. The zero-order valence-electron chi connectivity index (χ0n) is 14.2. The van der Waals surface area contributed by atoms with Crippen molar-refractivity contribution in [1.29, 1.82) is 0 Å². The van der Waals surface area contributed by atoms with Crippen molar-refractivity contribution in [1.82, 2.24) is 0 Å². The van der Waals surface area contributed by atoms with E-state index >= 15 is 0 Å². The van der Waals surface area contributed by atoms with Crippen LogP contribution in [0.1, 0.15) is 5.56 Å². The van der Waals surface area contributed by atoms with E-state index in [-0.39, 0.29) is 11.5 Å². The zero-order chi connectivity index (χ0) is 17.7. The van der Waals surface area contributed by atoms with Crippen molar-refractivity contribution in [2.45, 2.75) is 6.92 Å². The number of rotatable bonds is 2. The highest BCUT2D eigenvalue weighted by atomic mass is 16.5. The van der Waals surface area contributed by atoms with Gasteiger partial charge in [0, 0.05) is 17.0 Å². The van der Waals surface area contributed by atoms with E-state index in [2.05, 4.69) is 0 Å². The first-order valence-corrected chi connectivity index (χ1v) is 7.89. The molecule has 0 unspecified atom stereocenters. The molecule has 0 spiro atoms. The Morgan fingerprint density at radius 3 is 2.36 bits per heavy atom. The van der Waals surface area contributed by atoms with E-state index in [4.69, 9.17) is 9.47 Å². The molecule has 0 amide bonds. The number of hydrogen-bond acceptors (Lipinski definition) is 4. The van der Waals surface area contributed by atoms with Gasteiger partial charge in [0.1, 0.15) is 0 Å². The number of methoxy groups -OCH3 is 2. The van der Waals surface area contributed by atoms with E-state index in [0.29, 0.717) is 11.5 Å². The number of aryl methyl sites for hydroxylation is 1.